The zero-order chi connectivity index (χ0) is 10.4. The Balaban J connectivity index is 2.39. The molecule has 0 aliphatic heterocycles. The molecule has 0 saturated carbocycles. The quantitative estimate of drug-likeness (QED) is 0.739. The number of hydrogen-bond acceptors (Lipinski definition) is 2. The molecule has 4 heteroatoms. The minimum atomic E-state index is -0.397. The molecule has 0 atom stereocenters. The van der Waals surface area contributed by atoms with Crippen molar-refractivity contribution >= 4 is 11.6 Å². The second-order valence-electron chi connectivity index (χ2n) is 3.00. The molecule has 0 radical (unpaired) electrons. The maximum absolute atomic E-state index is 12.8. The Kier molecular flexibility index (Phi) is 4.87. The zero-order valence-electron chi connectivity index (χ0n) is 7.76. The van der Waals surface area contributed by atoms with Gasteiger partial charge in [0.1, 0.15) is 5.82 Å². The molecule has 14 heavy (non-hydrogen) atoms. The maximum Gasteiger partial charge on any atom is 0.141 e. The molecule has 0 aliphatic rings. The Hall–Kier alpha value is -0.640. The average Bonchev–Trinajstić information content (AvgIpc) is 2.18. The van der Waals surface area contributed by atoms with Crippen LogP contribution in [0.1, 0.15) is 12.0 Å². The molecular formula is C10H13ClFNO. The van der Waals surface area contributed by atoms with Crippen molar-refractivity contribution in [3.8, 4) is 0 Å². The summed E-state index contributed by atoms with van der Waals surface area (Å²) in [4.78, 5) is 0. The van der Waals surface area contributed by atoms with E-state index in [2.05, 4.69) is 5.32 Å². The van der Waals surface area contributed by atoms with Gasteiger partial charge in [-0.15, -0.1) is 0 Å². The monoisotopic (exact) mass is 217 g/mol. The number of aliphatic hydroxyl groups is 1. The van der Waals surface area contributed by atoms with E-state index in [9.17, 15) is 4.39 Å². The van der Waals surface area contributed by atoms with E-state index in [1.165, 1.54) is 6.07 Å². The minimum absolute atomic E-state index is 0.145. The second-order valence-corrected chi connectivity index (χ2v) is 3.41. The fourth-order valence-corrected chi connectivity index (χ4v) is 1.29. The molecule has 1 aromatic rings. The largest absolute Gasteiger partial charge is 0.396 e. The number of benzene rings is 1. The summed E-state index contributed by atoms with van der Waals surface area (Å²) in [7, 11) is 0. The van der Waals surface area contributed by atoms with E-state index in [4.69, 9.17) is 16.7 Å². The molecule has 1 aromatic carbocycles. The highest BCUT2D eigenvalue weighted by atomic mass is 35.5. The van der Waals surface area contributed by atoms with Crippen molar-refractivity contribution < 1.29 is 9.50 Å². The van der Waals surface area contributed by atoms with Crippen LogP contribution in [0.2, 0.25) is 5.02 Å². The number of nitrogens with one attached hydrogen (secondary N) is 1. The van der Waals surface area contributed by atoms with Crippen LogP contribution in [0.3, 0.4) is 0 Å². The van der Waals surface area contributed by atoms with Crippen molar-refractivity contribution in [3.05, 3.63) is 34.6 Å². The van der Waals surface area contributed by atoms with E-state index in [1.807, 2.05) is 0 Å². The Morgan fingerprint density at radius 3 is 2.86 bits per heavy atom. The summed E-state index contributed by atoms with van der Waals surface area (Å²) in [6, 6.07) is 4.64. The maximum atomic E-state index is 12.8. The topological polar surface area (TPSA) is 32.3 Å². The summed E-state index contributed by atoms with van der Waals surface area (Å²) in [6.07, 6.45) is 0.717. The van der Waals surface area contributed by atoms with Gasteiger partial charge in [-0.25, -0.2) is 4.39 Å². The van der Waals surface area contributed by atoms with E-state index in [0.717, 1.165) is 18.5 Å². The van der Waals surface area contributed by atoms with Gasteiger partial charge in [0.15, 0.2) is 0 Å². The Bertz CT molecular complexity index is 293. The number of aliphatic hydroxyl groups excluding tert-OH is 1. The van der Waals surface area contributed by atoms with Gasteiger partial charge in [-0.05, 0) is 30.7 Å². The van der Waals surface area contributed by atoms with Gasteiger partial charge < -0.3 is 10.4 Å². The van der Waals surface area contributed by atoms with Gasteiger partial charge >= 0.3 is 0 Å². The fourth-order valence-electron chi connectivity index (χ4n) is 1.09. The molecule has 2 nitrogen and oxygen atoms in total. The van der Waals surface area contributed by atoms with Gasteiger partial charge in [-0.2, -0.15) is 0 Å². The van der Waals surface area contributed by atoms with Crippen LogP contribution in [0.25, 0.3) is 0 Å². The van der Waals surface area contributed by atoms with Crippen molar-refractivity contribution in [3.63, 3.8) is 0 Å². The lowest BCUT2D eigenvalue weighted by Crippen LogP contribution is -2.15. The molecule has 0 fully saturated rings. The van der Waals surface area contributed by atoms with Crippen molar-refractivity contribution in [2.75, 3.05) is 13.2 Å². The van der Waals surface area contributed by atoms with Gasteiger partial charge in [-0.3, -0.25) is 0 Å². The molecule has 0 heterocycles. The SMILES string of the molecule is OCCCNCc1ccc(F)c(Cl)c1. The molecule has 0 unspecified atom stereocenters. The third-order valence-corrected chi connectivity index (χ3v) is 2.11. The lowest BCUT2D eigenvalue weighted by atomic mass is 10.2. The van der Waals surface area contributed by atoms with Crippen molar-refractivity contribution in [1.29, 1.82) is 0 Å². The minimum Gasteiger partial charge on any atom is -0.396 e. The molecule has 0 aromatic heterocycles. The molecule has 0 spiro atoms. The Morgan fingerprint density at radius 2 is 2.21 bits per heavy atom. The van der Waals surface area contributed by atoms with Crippen molar-refractivity contribution in [2.45, 2.75) is 13.0 Å². The average molecular weight is 218 g/mol. The van der Waals surface area contributed by atoms with Crippen LogP contribution in [0.4, 0.5) is 4.39 Å². The molecule has 0 amide bonds. The zero-order valence-corrected chi connectivity index (χ0v) is 8.52. The fraction of sp³-hybridized carbons (Fsp3) is 0.400. The summed E-state index contributed by atoms with van der Waals surface area (Å²) < 4.78 is 12.8. The molecule has 78 valence electrons. The number of rotatable bonds is 5. The lowest BCUT2D eigenvalue weighted by Gasteiger charge is -2.04. The summed E-state index contributed by atoms with van der Waals surface area (Å²) in [5.41, 5.74) is 0.939. The predicted molar refractivity (Wildman–Crippen MR) is 54.8 cm³/mol. The van der Waals surface area contributed by atoms with Crippen molar-refractivity contribution in [2.24, 2.45) is 0 Å². The van der Waals surface area contributed by atoms with Crippen LogP contribution in [0.5, 0.6) is 0 Å². The third-order valence-electron chi connectivity index (χ3n) is 1.82. The second kappa shape index (κ2) is 5.96. The third kappa shape index (κ3) is 3.62. The van der Waals surface area contributed by atoms with Crippen LogP contribution < -0.4 is 5.32 Å². The van der Waals surface area contributed by atoms with E-state index < -0.39 is 5.82 Å². The summed E-state index contributed by atoms with van der Waals surface area (Å²) >= 11 is 5.61. The highest BCUT2D eigenvalue weighted by Crippen LogP contribution is 2.15. The number of hydrogen-bond donors (Lipinski definition) is 2. The van der Waals surface area contributed by atoms with E-state index in [1.54, 1.807) is 12.1 Å². The molecule has 2 N–H and O–H groups in total. The van der Waals surface area contributed by atoms with Crippen LogP contribution in [-0.2, 0) is 6.54 Å². The lowest BCUT2D eigenvalue weighted by molar-refractivity contribution is 0.286. The molecule has 0 bridgehead atoms. The molecular weight excluding hydrogens is 205 g/mol. The van der Waals surface area contributed by atoms with E-state index >= 15 is 0 Å². The molecule has 0 saturated heterocycles. The van der Waals surface area contributed by atoms with Gasteiger partial charge in [0, 0.05) is 13.2 Å². The van der Waals surface area contributed by atoms with E-state index in [0.29, 0.717) is 6.54 Å². The first-order valence-electron chi connectivity index (χ1n) is 4.49. The van der Waals surface area contributed by atoms with E-state index in [-0.39, 0.29) is 11.6 Å². The van der Waals surface area contributed by atoms with Crippen LogP contribution in [0.15, 0.2) is 18.2 Å². The summed E-state index contributed by atoms with van der Waals surface area (Å²) in [5, 5.41) is 11.8. The molecule has 1 rings (SSSR count). The van der Waals surface area contributed by atoms with Crippen LogP contribution in [0, 0.1) is 5.82 Å². The van der Waals surface area contributed by atoms with Gasteiger partial charge in [0.2, 0.25) is 0 Å². The van der Waals surface area contributed by atoms with Gasteiger partial charge in [0.25, 0.3) is 0 Å². The first-order valence-corrected chi connectivity index (χ1v) is 4.87. The summed E-state index contributed by atoms with van der Waals surface area (Å²) in [5.74, 6) is -0.397. The standard InChI is InChI=1S/C10H13ClFNO/c11-9-6-8(2-3-10(9)12)7-13-4-1-5-14/h2-3,6,13-14H,1,4-5,7H2. The van der Waals surface area contributed by atoms with Crippen molar-refractivity contribution in [1.82, 2.24) is 5.32 Å². The Labute approximate surface area is 87.7 Å². The highest BCUT2D eigenvalue weighted by molar-refractivity contribution is 6.30. The van der Waals surface area contributed by atoms with Crippen LogP contribution in [-0.4, -0.2) is 18.3 Å². The smallest absolute Gasteiger partial charge is 0.141 e. The normalized spacial score (nSPS) is 10.5. The first kappa shape index (κ1) is 11.4. The van der Waals surface area contributed by atoms with Gasteiger partial charge in [-0.1, -0.05) is 17.7 Å². The van der Waals surface area contributed by atoms with Gasteiger partial charge in [0.05, 0.1) is 5.02 Å². The Morgan fingerprint density at radius 1 is 1.43 bits per heavy atom. The summed E-state index contributed by atoms with van der Waals surface area (Å²) in [6.45, 7) is 1.56. The number of halogens is 2. The van der Waals surface area contributed by atoms with Crippen LogP contribution >= 0.6 is 11.6 Å². The predicted octanol–water partition coefficient (Wildman–Crippen LogP) is 1.95. The molecule has 0 aliphatic carbocycles. The first-order chi connectivity index (χ1) is 6.74. The highest BCUT2D eigenvalue weighted by Gasteiger charge is 1.99.